The molecule has 0 aliphatic carbocycles. The lowest BCUT2D eigenvalue weighted by Crippen LogP contribution is -2.39. The van der Waals surface area contributed by atoms with Gasteiger partial charge in [-0.15, -0.1) is 0 Å². The molecule has 5 nitrogen and oxygen atoms in total. The number of hydrogen-bond donors (Lipinski definition) is 3. The van der Waals surface area contributed by atoms with Gasteiger partial charge in [-0.1, -0.05) is 18.2 Å². The number of fused-ring (bicyclic) bond motifs is 1. The molecular weight excluding hydrogens is 216 g/mol. The molecular formula is C12H16N4O. The van der Waals surface area contributed by atoms with E-state index in [2.05, 4.69) is 20.6 Å². The smallest absolute Gasteiger partial charge is 0.314 e. The topological polar surface area (TPSA) is 69.8 Å². The first-order valence-corrected chi connectivity index (χ1v) is 5.72. The summed E-state index contributed by atoms with van der Waals surface area (Å²) in [7, 11) is 0. The molecule has 3 N–H and O–H groups in total. The molecule has 17 heavy (non-hydrogen) atoms. The molecule has 90 valence electrons. The molecule has 1 saturated heterocycles. The number of piperazine rings is 1. The molecule has 0 bridgehead atoms. The quantitative estimate of drug-likeness (QED) is 0.602. The fourth-order valence-electron chi connectivity index (χ4n) is 1.60. The third-order valence-electron chi connectivity index (χ3n) is 2.48. The lowest BCUT2D eigenvalue weighted by Gasteiger charge is -2.11. The highest BCUT2D eigenvalue weighted by Gasteiger charge is 1.91. The van der Waals surface area contributed by atoms with Gasteiger partial charge in [0.2, 0.25) is 0 Å². The molecule has 2 aromatic rings. The number of para-hydroxylation sites is 1. The summed E-state index contributed by atoms with van der Waals surface area (Å²) in [5.41, 5.74) is 0.524. The summed E-state index contributed by atoms with van der Waals surface area (Å²) in [6.07, 6.45) is 1.56. The van der Waals surface area contributed by atoms with E-state index in [1.165, 1.54) is 0 Å². The van der Waals surface area contributed by atoms with E-state index in [1.807, 2.05) is 24.3 Å². The average molecular weight is 232 g/mol. The number of benzene rings is 1. The third kappa shape index (κ3) is 3.65. The molecule has 3 rings (SSSR count). The van der Waals surface area contributed by atoms with E-state index < -0.39 is 0 Å². The molecule has 0 atom stereocenters. The Morgan fingerprint density at radius 1 is 1.00 bits per heavy atom. The zero-order valence-electron chi connectivity index (χ0n) is 9.57. The molecule has 2 heterocycles. The summed E-state index contributed by atoms with van der Waals surface area (Å²) in [5, 5.41) is 7.40. The first kappa shape index (κ1) is 11.8. The number of H-pyrrole nitrogens is 1. The van der Waals surface area contributed by atoms with Gasteiger partial charge < -0.3 is 15.6 Å². The zero-order valence-corrected chi connectivity index (χ0v) is 9.57. The maximum atomic E-state index is 10.7. The number of rotatable bonds is 0. The van der Waals surface area contributed by atoms with Crippen LogP contribution in [0.15, 0.2) is 35.3 Å². The fourth-order valence-corrected chi connectivity index (χ4v) is 1.60. The Bertz CT molecular complexity index is 507. The maximum Gasteiger partial charge on any atom is 0.345 e. The van der Waals surface area contributed by atoms with E-state index in [0.29, 0.717) is 0 Å². The van der Waals surface area contributed by atoms with Crippen LogP contribution in [0, 0.1) is 0 Å². The number of nitrogens with one attached hydrogen (secondary N) is 3. The van der Waals surface area contributed by atoms with Crippen molar-refractivity contribution in [3.63, 3.8) is 0 Å². The van der Waals surface area contributed by atoms with E-state index in [-0.39, 0.29) is 5.69 Å². The van der Waals surface area contributed by atoms with Crippen molar-refractivity contribution in [1.29, 1.82) is 0 Å². The van der Waals surface area contributed by atoms with E-state index in [0.717, 1.165) is 37.1 Å². The third-order valence-corrected chi connectivity index (χ3v) is 2.48. The summed E-state index contributed by atoms with van der Waals surface area (Å²) in [5.74, 6) is 0. The van der Waals surface area contributed by atoms with Gasteiger partial charge in [-0.2, -0.15) is 0 Å². The molecule has 0 saturated carbocycles. The second-order valence-corrected chi connectivity index (χ2v) is 3.78. The van der Waals surface area contributed by atoms with Crippen LogP contribution in [0.25, 0.3) is 10.9 Å². The summed E-state index contributed by atoms with van der Waals surface area (Å²) < 4.78 is 0. The second-order valence-electron chi connectivity index (χ2n) is 3.78. The first-order chi connectivity index (χ1) is 8.36. The predicted molar refractivity (Wildman–Crippen MR) is 68.1 cm³/mol. The highest BCUT2D eigenvalue weighted by molar-refractivity contribution is 5.76. The van der Waals surface area contributed by atoms with E-state index >= 15 is 0 Å². The van der Waals surface area contributed by atoms with Crippen LogP contribution in [0.2, 0.25) is 0 Å². The molecule has 1 aromatic carbocycles. The summed E-state index contributed by atoms with van der Waals surface area (Å²) in [4.78, 5) is 16.9. The van der Waals surface area contributed by atoms with Crippen molar-refractivity contribution in [1.82, 2.24) is 20.6 Å². The van der Waals surface area contributed by atoms with Gasteiger partial charge in [0.1, 0.15) is 0 Å². The van der Waals surface area contributed by atoms with E-state index in [9.17, 15) is 4.79 Å². The molecule has 0 amide bonds. The van der Waals surface area contributed by atoms with Crippen molar-refractivity contribution < 1.29 is 0 Å². The second kappa shape index (κ2) is 6.12. The maximum absolute atomic E-state index is 10.7. The summed E-state index contributed by atoms with van der Waals surface area (Å²) >= 11 is 0. The highest BCUT2D eigenvalue weighted by atomic mass is 16.1. The van der Waals surface area contributed by atoms with Crippen LogP contribution >= 0.6 is 0 Å². The van der Waals surface area contributed by atoms with Gasteiger partial charge in [-0.05, 0) is 6.07 Å². The van der Waals surface area contributed by atoms with Crippen LogP contribution in [0.4, 0.5) is 0 Å². The highest BCUT2D eigenvalue weighted by Crippen LogP contribution is 2.05. The fraction of sp³-hybridized carbons (Fsp3) is 0.333. The number of nitrogens with zero attached hydrogens (tertiary/aromatic N) is 1. The van der Waals surface area contributed by atoms with Gasteiger partial charge in [0.15, 0.2) is 0 Å². The monoisotopic (exact) mass is 232 g/mol. The molecule has 1 aromatic heterocycles. The molecule has 5 heteroatoms. The van der Waals surface area contributed by atoms with E-state index in [1.54, 1.807) is 6.20 Å². The normalized spacial score (nSPS) is 15.1. The standard InChI is InChI=1S/C8H6N2O.C4H10N2/c11-8-9-5-6-3-1-2-4-7(6)10-8;1-2-6-4-3-5-1/h1-5H,(H,9,10,11);5-6H,1-4H2. The molecule has 0 spiro atoms. The van der Waals surface area contributed by atoms with Crippen LogP contribution in [0.1, 0.15) is 0 Å². The summed E-state index contributed by atoms with van der Waals surface area (Å²) in [6.45, 7) is 4.56. The lowest BCUT2D eigenvalue weighted by molar-refractivity contribution is 0.534. The van der Waals surface area contributed by atoms with Crippen molar-refractivity contribution in [3.8, 4) is 0 Å². The van der Waals surface area contributed by atoms with Crippen molar-refractivity contribution in [2.75, 3.05) is 26.2 Å². The van der Waals surface area contributed by atoms with Gasteiger partial charge in [0, 0.05) is 37.8 Å². The lowest BCUT2D eigenvalue weighted by atomic mass is 10.2. The van der Waals surface area contributed by atoms with Gasteiger partial charge in [-0.25, -0.2) is 9.78 Å². The van der Waals surface area contributed by atoms with Crippen LogP contribution in [0.3, 0.4) is 0 Å². The molecule has 0 radical (unpaired) electrons. The minimum absolute atomic E-state index is 0.302. The van der Waals surface area contributed by atoms with Crippen molar-refractivity contribution in [3.05, 3.63) is 40.9 Å². The van der Waals surface area contributed by atoms with Crippen LogP contribution in [-0.4, -0.2) is 36.1 Å². The largest absolute Gasteiger partial charge is 0.345 e. The Hall–Kier alpha value is -1.72. The van der Waals surface area contributed by atoms with Gasteiger partial charge in [-0.3, -0.25) is 0 Å². The minimum Gasteiger partial charge on any atom is -0.314 e. The van der Waals surface area contributed by atoms with Gasteiger partial charge in [0.05, 0.1) is 5.52 Å². The van der Waals surface area contributed by atoms with Crippen molar-refractivity contribution in [2.45, 2.75) is 0 Å². The van der Waals surface area contributed by atoms with Gasteiger partial charge in [0.25, 0.3) is 0 Å². The molecule has 1 fully saturated rings. The Morgan fingerprint density at radius 2 is 1.65 bits per heavy atom. The number of aromatic nitrogens is 2. The molecule has 0 unspecified atom stereocenters. The summed E-state index contributed by atoms with van der Waals surface area (Å²) in [6, 6.07) is 7.53. The number of hydrogen-bond acceptors (Lipinski definition) is 4. The SMILES string of the molecule is C1CNCCN1.O=c1ncc2ccccc2[nH]1. The predicted octanol–water partition coefficient (Wildman–Crippen LogP) is 0.102. The van der Waals surface area contributed by atoms with Crippen molar-refractivity contribution >= 4 is 10.9 Å². The minimum atomic E-state index is -0.302. The first-order valence-electron chi connectivity index (χ1n) is 5.72. The van der Waals surface area contributed by atoms with Gasteiger partial charge >= 0.3 is 5.69 Å². The van der Waals surface area contributed by atoms with Crippen LogP contribution in [-0.2, 0) is 0 Å². The van der Waals surface area contributed by atoms with Crippen LogP contribution < -0.4 is 16.3 Å². The number of aromatic amines is 1. The molecule has 1 aliphatic rings. The Balaban J connectivity index is 0.000000153. The average Bonchev–Trinajstić information content (AvgIpc) is 2.41. The van der Waals surface area contributed by atoms with E-state index in [4.69, 9.17) is 0 Å². The zero-order chi connectivity index (χ0) is 11.9. The molecule has 1 aliphatic heterocycles. The van der Waals surface area contributed by atoms with Crippen molar-refractivity contribution in [2.24, 2.45) is 0 Å². The van der Waals surface area contributed by atoms with Crippen LogP contribution in [0.5, 0.6) is 0 Å². The Labute approximate surface area is 99.3 Å². The Morgan fingerprint density at radius 3 is 2.29 bits per heavy atom. The Kier molecular flexibility index (Phi) is 4.23.